The second kappa shape index (κ2) is 6.78. The number of benzene rings is 2. The first-order valence-corrected chi connectivity index (χ1v) is 6.52. The molecular weight excluding hydrogens is 291 g/mol. The van der Waals surface area contributed by atoms with Gasteiger partial charge in [0, 0.05) is 16.9 Å². The fraction of sp³-hybridized carbons (Fsp3) is 0.0625. The first-order chi connectivity index (χ1) is 10.1. The van der Waals surface area contributed by atoms with E-state index in [-0.39, 0.29) is 17.5 Å². The van der Waals surface area contributed by atoms with Gasteiger partial charge in [0.2, 0.25) is 5.91 Å². The summed E-state index contributed by atoms with van der Waals surface area (Å²) in [6.07, 6.45) is 5.30. The number of carbonyl (C=O) groups is 1. The number of hydrogen-bond donors (Lipinski definition) is 2. The van der Waals surface area contributed by atoms with Crippen LogP contribution >= 0.6 is 11.6 Å². The lowest BCUT2D eigenvalue weighted by atomic mass is 10.2. The predicted octanol–water partition coefficient (Wildman–Crippen LogP) is 3.51. The molecule has 0 aliphatic heterocycles. The van der Waals surface area contributed by atoms with Crippen LogP contribution in [0.1, 0.15) is 5.56 Å². The molecule has 0 bridgehead atoms. The van der Waals surface area contributed by atoms with Crippen LogP contribution in [-0.2, 0) is 4.79 Å². The largest absolute Gasteiger partial charge is 0.376 e. The van der Waals surface area contributed by atoms with Gasteiger partial charge >= 0.3 is 0 Å². The van der Waals surface area contributed by atoms with Crippen LogP contribution < -0.4 is 10.6 Å². The minimum absolute atomic E-state index is 0.0394. The van der Waals surface area contributed by atoms with Crippen molar-refractivity contribution in [3.63, 3.8) is 0 Å². The monoisotopic (exact) mass is 302 g/mol. The molecule has 0 saturated heterocycles. The zero-order chi connectivity index (χ0) is 15.2. The van der Waals surface area contributed by atoms with E-state index >= 15 is 0 Å². The predicted molar refractivity (Wildman–Crippen MR) is 82.9 cm³/mol. The maximum Gasteiger partial charge on any atom is 0.243 e. The Hall–Kier alpha value is -2.51. The van der Waals surface area contributed by atoms with Gasteiger partial charge in [-0.25, -0.2) is 4.39 Å². The molecule has 2 rings (SSSR count). The van der Waals surface area contributed by atoms with Crippen LogP contribution in [0.5, 0.6) is 0 Å². The number of amides is 1. The fourth-order valence-electron chi connectivity index (χ4n) is 1.68. The van der Waals surface area contributed by atoms with Crippen molar-refractivity contribution < 1.29 is 9.18 Å². The number of carbonyl (C=O) groups excluding carboxylic acids is 1. The average Bonchev–Trinajstić information content (AvgIpc) is 2.49. The molecule has 3 nitrogen and oxygen atoms in total. The summed E-state index contributed by atoms with van der Waals surface area (Å²) in [5, 5.41) is 5.53. The normalized spacial score (nSPS) is 9.76. The quantitative estimate of drug-likeness (QED) is 0.849. The molecule has 0 atom stereocenters. The third-order valence-electron chi connectivity index (χ3n) is 2.69. The van der Waals surface area contributed by atoms with Crippen molar-refractivity contribution in [2.24, 2.45) is 0 Å². The van der Waals surface area contributed by atoms with Crippen molar-refractivity contribution in [1.29, 1.82) is 0 Å². The van der Waals surface area contributed by atoms with Crippen LogP contribution in [0.2, 0.25) is 5.02 Å². The van der Waals surface area contributed by atoms with E-state index in [4.69, 9.17) is 18.0 Å². The highest BCUT2D eigenvalue weighted by Crippen LogP contribution is 2.19. The Morgan fingerprint density at radius 2 is 2.05 bits per heavy atom. The summed E-state index contributed by atoms with van der Waals surface area (Å²) >= 11 is 5.64. The van der Waals surface area contributed by atoms with Gasteiger partial charge in [0.1, 0.15) is 5.82 Å². The maximum absolute atomic E-state index is 13.0. The summed E-state index contributed by atoms with van der Waals surface area (Å²) in [6, 6.07) is 11.2. The number of anilines is 2. The molecular formula is C16H12ClFN2O. The van der Waals surface area contributed by atoms with Gasteiger partial charge in [-0.2, -0.15) is 0 Å². The van der Waals surface area contributed by atoms with Crippen molar-refractivity contribution in [2.75, 3.05) is 17.2 Å². The van der Waals surface area contributed by atoms with E-state index in [0.717, 1.165) is 11.3 Å². The number of halogens is 2. The van der Waals surface area contributed by atoms with Crippen molar-refractivity contribution in [2.45, 2.75) is 0 Å². The zero-order valence-corrected chi connectivity index (χ0v) is 11.7. The van der Waals surface area contributed by atoms with Crippen LogP contribution in [0.25, 0.3) is 0 Å². The molecule has 0 fully saturated rings. The second-order valence-electron chi connectivity index (χ2n) is 4.26. The van der Waals surface area contributed by atoms with Crippen LogP contribution in [-0.4, -0.2) is 12.5 Å². The van der Waals surface area contributed by atoms with Crippen LogP contribution in [0.4, 0.5) is 15.8 Å². The highest BCUT2D eigenvalue weighted by Gasteiger charge is 2.05. The molecule has 1 amide bonds. The number of rotatable bonds is 4. The SMILES string of the molecule is C#Cc1cccc(NCC(=O)Nc2ccc(F)c(Cl)c2)c1. The summed E-state index contributed by atoms with van der Waals surface area (Å²) in [5.41, 5.74) is 1.91. The molecule has 0 radical (unpaired) electrons. The first kappa shape index (κ1) is 14.9. The van der Waals surface area contributed by atoms with E-state index in [2.05, 4.69) is 16.6 Å². The van der Waals surface area contributed by atoms with E-state index in [9.17, 15) is 9.18 Å². The Balaban J connectivity index is 1.92. The minimum Gasteiger partial charge on any atom is -0.376 e. The standard InChI is InChI=1S/C16H12ClFN2O/c1-2-11-4-3-5-12(8-11)19-10-16(21)20-13-6-7-15(18)14(17)9-13/h1,3-9,19H,10H2,(H,20,21). The summed E-state index contributed by atoms with van der Waals surface area (Å²) < 4.78 is 13.0. The molecule has 5 heteroatoms. The maximum atomic E-state index is 13.0. The van der Waals surface area contributed by atoms with Gasteiger partial charge < -0.3 is 10.6 Å². The van der Waals surface area contributed by atoms with Crippen LogP contribution in [0, 0.1) is 18.2 Å². The molecule has 2 aromatic rings. The Kier molecular flexibility index (Phi) is 4.81. The van der Waals surface area contributed by atoms with E-state index in [1.807, 2.05) is 6.07 Å². The Bertz CT molecular complexity index is 710. The van der Waals surface area contributed by atoms with Crippen molar-refractivity contribution in [3.05, 3.63) is 58.9 Å². The zero-order valence-electron chi connectivity index (χ0n) is 11.0. The van der Waals surface area contributed by atoms with E-state index in [1.165, 1.54) is 18.2 Å². The smallest absolute Gasteiger partial charge is 0.243 e. The number of nitrogens with one attached hydrogen (secondary N) is 2. The lowest BCUT2D eigenvalue weighted by Gasteiger charge is -2.08. The van der Waals surface area contributed by atoms with E-state index in [0.29, 0.717) is 5.69 Å². The van der Waals surface area contributed by atoms with Gasteiger partial charge in [-0.1, -0.05) is 23.6 Å². The number of terminal acetylenes is 1. The lowest BCUT2D eigenvalue weighted by Crippen LogP contribution is -2.21. The van der Waals surface area contributed by atoms with Gasteiger partial charge in [-0.15, -0.1) is 6.42 Å². The third-order valence-corrected chi connectivity index (χ3v) is 2.98. The fourth-order valence-corrected chi connectivity index (χ4v) is 1.86. The summed E-state index contributed by atoms with van der Waals surface area (Å²) in [4.78, 5) is 11.8. The second-order valence-corrected chi connectivity index (χ2v) is 4.66. The Morgan fingerprint density at radius 3 is 2.76 bits per heavy atom. The summed E-state index contributed by atoms with van der Waals surface area (Å²) in [5.74, 6) is 1.71. The highest BCUT2D eigenvalue weighted by atomic mass is 35.5. The lowest BCUT2D eigenvalue weighted by molar-refractivity contribution is -0.114. The molecule has 21 heavy (non-hydrogen) atoms. The van der Waals surface area contributed by atoms with Crippen molar-refractivity contribution >= 4 is 28.9 Å². The molecule has 0 aliphatic rings. The van der Waals surface area contributed by atoms with Crippen LogP contribution in [0.3, 0.4) is 0 Å². The molecule has 0 unspecified atom stereocenters. The third kappa shape index (κ3) is 4.23. The molecule has 106 valence electrons. The van der Waals surface area contributed by atoms with E-state index < -0.39 is 5.82 Å². The molecule has 0 spiro atoms. The summed E-state index contributed by atoms with van der Waals surface area (Å²) in [6.45, 7) is 0.0586. The summed E-state index contributed by atoms with van der Waals surface area (Å²) in [7, 11) is 0. The Labute approximate surface area is 127 Å². The van der Waals surface area contributed by atoms with Crippen molar-refractivity contribution in [3.8, 4) is 12.3 Å². The topological polar surface area (TPSA) is 41.1 Å². The van der Waals surface area contributed by atoms with Gasteiger partial charge in [-0.3, -0.25) is 4.79 Å². The highest BCUT2D eigenvalue weighted by molar-refractivity contribution is 6.31. The molecule has 0 heterocycles. The molecule has 2 N–H and O–H groups in total. The molecule has 0 aromatic heterocycles. The average molecular weight is 303 g/mol. The van der Waals surface area contributed by atoms with Crippen LogP contribution in [0.15, 0.2) is 42.5 Å². The van der Waals surface area contributed by atoms with Gasteiger partial charge in [0.15, 0.2) is 0 Å². The molecule has 0 saturated carbocycles. The molecule has 2 aromatic carbocycles. The van der Waals surface area contributed by atoms with Gasteiger partial charge in [0.05, 0.1) is 11.6 Å². The molecule has 0 aliphatic carbocycles. The number of hydrogen-bond acceptors (Lipinski definition) is 2. The van der Waals surface area contributed by atoms with Gasteiger partial charge in [-0.05, 0) is 36.4 Å². The van der Waals surface area contributed by atoms with Crippen molar-refractivity contribution in [1.82, 2.24) is 0 Å². The van der Waals surface area contributed by atoms with E-state index in [1.54, 1.807) is 18.2 Å². The van der Waals surface area contributed by atoms with Gasteiger partial charge in [0.25, 0.3) is 0 Å². The first-order valence-electron chi connectivity index (χ1n) is 6.14. The Morgan fingerprint density at radius 1 is 1.24 bits per heavy atom. The minimum atomic E-state index is -0.529.